The fraction of sp³-hybridized carbons (Fsp3) is 0.855. The van der Waals surface area contributed by atoms with Crippen LogP contribution in [0.15, 0.2) is 49.1 Å². The fourth-order valence-electron chi connectivity index (χ4n) is 15.3. The lowest BCUT2D eigenvalue weighted by atomic mass is 9.73. The highest BCUT2D eigenvalue weighted by Gasteiger charge is 2.65. The van der Waals surface area contributed by atoms with E-state index in [0.29, 0.717) is 69.8 Å². The molecule has 11 rings (SSSR count). The fourth-order valence-corrected chi connectivity index (χ4v) is 16.2. The molecule has 0 bridgehead atoms. The zero-order chi connectivity index (χ0) is 55.7. The second kappa shape index (κ2) is 21.1. The van der Waals surface area contributed by atoms with Crippen molar-refractivity contribution in [1.82, 2.24) is 0 Å². The van der Waals surface area contributed by atoms with Crippen LogP contribution in [-0.4, -0.2) is 193 Å². The molecule has 0 aliphatic carbocycles. The highest BCUT2D eigenvalue weighted by Crippen LogP contribution is 2.54. The summed E-state index contributed by atoms with van der Waals surface area (Å²) in [5, 5.41) is 24.0. The van der Waals surface area contributed by atoms with Crippen molar-refractivity contribution in [2.45, 2.75) is 282 Å². The summed E-state index contributed by atoms with van der Waals surface area (Å²) in [6.07, 6.45) is 1.75. The molecule has 11 saturated heterocycles. The summed E-state index contributed by atoms with van der Waals surface area (Å²) in [5.41, 5.74) is -3.71. The van der Waals surface area contributed by atoms with Crippen molar-refractivity contribution < 1.29 is 96.6 Å². The molecule has 11 fully saturated rings. The molecule has 23 heteroatoms. The van der Waals surface area contributed by atoms with Crippen molar-refractivity contribution in [3.05, 3.63) is 49.1 Å². The van der Waals surface area contributed by atoms with E-state index < -0.39 is 129 Å². The Labute approximate surface area is 458 Å². The van der Waals surface area contributed by atoms with Crippen LogP contribution in [0.3, 0.4) is 0 Å². The Morgan fingerprint density at radius 1 is 0.692 bits per heavy atom. The van der Waals surface area contributed by atoms with Gasteiger partial charge in [-0.1, -0.05) is 43.9 Å². The second-order valence-corrected chi connectivity index (χ2v) is 27.7. The predicted octanol–water partition coefficient (Wildman–Crippen LogP) is 5.06. The lowest BCUT2D eigenvalue weighted by Crippen LogP contribution is -2.74. The molecule has 0 saturated carbocycles. The Bertz CT molecular complexity index is 2540. The van der Waals surface area contributed by atoms with E-state index in [4.69, 9.17) is 60.8 Å². The van der Waals surface area contributed by atoms with Gasteiger partial charge in [0.2, 0.25) is 0 Å². The van der Waals surface area contributed by atoms with Crippen LogP contribution >= 0.6 is 0 Å². The summed E-state index contributed by atoms with van der Waals surface area (Å²) in [7, 11) is -9.74. The minimum Gasteiger partial charge on any atom is -0.387 e. The van der Waals surface area contributed by atoms with Crippen LogP contribution in [0.5, 0.6) is 0 Å². The Morgan fingerprint density at radius 2 is 1.26 bits per heavy atom. The normalized spacial score (nSPS) is 51.0. The number of allylic oxidation sites excluding steroid dienone is 3. The molecule has 0 aromatic heterocycles. The van der Waals surface area contributed by atoms with Crippen LogP contribution < -0.4 is 0 Å². The zero-order valence-corrected chi connectivity index (χ0v) is 47.3. The van der Waals surface area contributed by atoms with Crippen molar-refractivity contribution >= 4 is 20.8 Å². The van der Waals surface area contributed by atoms with E-state index in [1.54, 1.807) is 25.2 Å². The molecule has 11 aliphatic heterocycles. The summed E-state index contributed by atoms with van der Waals surface area (Å²) in [6.45, 7) is 23.2. The van der Waals surface area contributed by atoms with E-state index in [-0.39, 0.29) is 67.6 Å². The number of fused-ring (bicyclic) bond motifs is 10. The minimum atomic E-state index is -4.95. The van der Waals surface area contributed by atoms with Crippen molar-refractivity contribution in [3.63, 3.8) is 0 Å². The molecule has 11 aliphatic rings. The maximum Gasteiger partial charge on any atom is 0.397 e. The first-order valence-corrected chi connectivity index (χ1v) is 30.9. The van der Waals surface area contributed by atoms with Crippen LogP contribution in [0.1, 0.15) is 131 Å². The summed E-state index contributed by atoms with van der Waals surface area (Å²) in [6, 6.07) is 0. The van der Waals surface area contributed by atoms with Crippen molar-refractivity contribution in [3.8, 4) is 0 Å². The van der Waals surface area contributed by atoms with Crippen LogP contribution in [0.25, 0.3) is 0 Å². The Balaban J connectivity index is 0.749. The van der Waals surface area contributed by atoms with Gasteiger partial charge in [0, 0.05) is 51.4 Å². The van der Waals surface area contributed by atoms with Gasteiger partial charge in [0.15, 0.2) is 0 Å². The molecule has 0 aromatic rings. The third-order valence-electron chi connectivity index (χ3n) is 19.6. The maximum absolute atomic E-state index is 12.3. The monoisotopic (exact) mass is 1140 g/mol. The number of rotatable bonds is 11. The summed E-state index contributed by atoms with van der Waals surface area (Å²) >= 11 is 0. The second-order valence-electron chi connectivity index (χ2n) is 25.5. The lowest BCUT2D eigenvalue weighted by molar-refractivity contribution is -0.369. The third-order valence-corrected chi connectivity index (χ3v) is 20.6. The van der Waals surface area contributed by atoms with Gasteiger partial charge in [-0.05, 0) is 84.6 Å². The SMILES string of the molecule is C=CCC(=C)/C=C/[C@@](C)(O)[C@H]1O[C@@H]2C[C@@H]3O[C@@H]4C[C@@H]5O[C@@H]6C[C@@H]7O[C@@H]8C[C@@H]9O[C@@H]%10C[C@@H]%11O[C@](C)(CCOS(=O)(=O)O)[C@@H](OS(=O)(=O)O)C[C@H]%11O[C@H]%10C[C@H]9O[C@H]8CC[C@@]7(C)O[C@@]6(C)CC[C@@H](C)[C@H]5O[C@H]4[C@@H](O)[C@@]3(C)O[C@H]2CC1=C. The molecule has 21 nitrogen and oxygen atoms in total. The minimum absolute atomic E-state index is 0.00240. The molecule has 11 heterocycles. The third kappa shape index (κ3) is 11.2. The quantitative estimate of drug-likeness (QED) is 0.120. The number of hydrogen-bond donors (Lipinski definition) is 4. The maximum atomic E-state index is 12.3. The molecule has 0 spiro atoms. The van der Waals surface area contributed by atoms with Gasteiger partial charge in [-0.25, -0.2) is 8.37 Å². The zero-order valence-electron chi connectivity index (χ0n) is 45.6. The summed E-state index contributed by atoms with van der Waals surface area (Å²) in [5.74, 6) is 0.0665. The average Bonchev–Trinajstić information content (AvgIpc) is 3.48. The lowest BCUT2D eigenvalue weighted by Gasteiger charge is -2.61. The Hall–Kier alpha value is -1.82. The van der Waals surface area contributed by atoms with E-state index in [2.05, 4.69) is 44.7 Å². The van der Waals surface area contributed by atoms with Gasteiger partial charge in [0.25, 0.3) is 0 Å². The standard InChI is InChI=1S/C55H82O21S2/c1-10-11-28(2)12-15-51(5,57)50-30(4)20-39-38(71-50)26-46-55(9,74-39)49(56)48-42(70-46)24-41-47(72-48)29(3)13-16-53(7)44(69-41)27-43-54(8,76-53)17-14-31-32(68-43)21-34-33(65-31)22-35-36(66-34)23-40-37(67-35)25-45(75-78(61,62)63)52(6,73-40)18-19-64-77(58,59)60/h10,12,15,29,31-50,56-57H,1-2,4,11,13-14,16-27H2,3,5-9H3,(H,58,59,60)(H,61,62,63)/b15-12+/t29-,31+,32-,33-,34+,35+,36-,37-,38-,39+,40+,41+,42-,43+,44-,45+,46+,47-,48-,49-,50+,51-,52-,53+,54-,55+/m1/s1. The topological polar surface area (TPSA) is 269 Å². The molecule has 0 amide bonds. The Kier molecular flexibility index (Phi) is 15.6. The van der Waals surface area contributed by atoms with Gasteiger partial charge >= 0.3 is 20.8 Å². The van der Waals surface area contributed by atoms with Gasteiger partial charge in [-0.3, -0.25) is 9.11 Å². The molecular formula is C55H82O21S2. The largest absolute Gasteiger partial charge is 0.397 e. The van der Waals surface area contributed by atoms with Gasteiger partial charge in [0.05, 0.1) is 121 Å². The van der Waals surface area contributed by atoms with Crippen molar-refractivity contribution in [2.75, 3.05) is 6.61 Å². The average molecular weight is 1140 g/mol. The number of aliphatic hydroxyl groups excluding tert-OH is 1. The van der Waals surface area contributed by atoms with Crippen LogP contribution in [0.2, 0.25) is 0 Å². The van der Waals surface area contributed by atoms with Crippen molar-refractivity contribution in [2.24, 2.45) is 5.92 Å². The molecule has 4 N–H and O–H groups in total. The van der Waals surface area contributed by atoms with Crippen LogP contribution in [0.4, 0.5) is 0 Å². The highest BCUT2D eigenvalue weighted by atomic mass is 32.3. The Morgan fingerprint density at radius 3 is 1.91 bits per heavy atom. The number of hydrogen-bond acceptors (Lipinski definition) is 19. The van der Waals surface area contributed by atoms with Gasteiger partial charge in [0.1, 0.15) is 35.6 Å². The number of ether oxygens (including phenoxy) is 11. The molecule has 0 unspecified atom stereocenters. The number of aliphatic hydroxyl groups is 2. The van der Waals surface area contributed by atoms with E-state index in [1.165, 1.54) is 6.92 Å². The smallest absolute Gasteiger partial charge is 0.387 e. The summed E-state index contributed by atoms with van der Waals surface area (Å²) in [4.78, 5) is 0. The predicted molar refractivity (Wildman–Crippen MR) is 276 cm³/mol. The first kappa shape index (κ1) is 58.0. The van der Waals surface area contributed by atoms with E-state index in [9.17, 15) is 31.6 Å². The summed E-state index contributed by atoms with van der Waals surface area (Å²) < 4.78 is 151. The molecule has 440 valence electrons. The molecule has 0 radical (unpaired) electrons. The van der Waals surface area contributed by atoms with Crippen LogP contribution in [-0.2, 0) is 81.3 Å². The van der Waals surface area contributed by atoms with E-state index >= 15 is 0 Å². The highest BCUT2D eigenvalue weighted by molar-refractivity contribution is 7.81. The van der Waals surface area contributed by atoms with Gasteiger partial charge in [-0.15, -0.1) is 6.58 Å². The molecular weight excluding hydrogens is 1060 g/mol. The molecule has 26 atom stereocenters. The van der Waals surface area contributed by atoms with E-state index in [1.807, 2.05) is 6.92 Å². The van der Waals surface area contributed by atoms with Crippen LogP contribution in [0, 0.1) is 5.92 Å². The molecule has 78 heavy (non-hydrogen) atoms. The first-order valence-electron chi connectivity index (χ1n) is 28.2. The van der Waals surface area contributed by atoms with Crippen molar-refractivity contribution in [1.29, 1.82) is 0 Å². The molecule has 0 aromatic carbocycles. The van der Waals surface area contributed by atoms with Gasteiger partial charge in [-0.2, -0.15) is 16.8 Å². The van der Waals surface area contributed by atoms with Gasteiger partial charge < -0.3 is 62.3 Å². The van der Waals surface area contributed by atoms with E-state index in [0.717, 1.165) is 18.4 Å². The first-order chi connectivity index (χ1) is 36.5.